The molecule has 1 amide bonds. The Morgan fingerprint density at radius 2 is 1.93 bits per heavy atom. The molecule has 9 heteroatoms. The van der Waals surface area contributed by atoms with E-state index in [1.807, 2.05) is 11.7 Å². The van der Waals surface area contributed by atoms with Crippen molar-refractivity contribution in [2.24, 2.45) is 17.8 Å². The van der Waals surface area contributed by atoms with Crippen LogP contribution in [-0.2, 0) is 31.2 Å². The van der Waals surface area contributed by atoms with E-state index in [0.29, 0.717) is 19.1 Å². The molecule has 1 aliphatic rings. The second kappa shape index (κ2) is 12.3. The molecule has 1 aliphatic heterocycles. The van der Waals surface area contributed by atoms with Gasteiger partial charge in [0.2, 0.25) is 5.91 Å². The molecular formula is C19H36IN7O. The Hall–Kier alpha value is -1.36. The standard InChI is InChI=1S/C19H35N7O.HI/c1-5-16-15(17(6-2)25(4)24-16)12-22-19(21-7-3)23-14-8-10-26(11-9-14)13-18(20)27;/h14H,5-13H2,1-4H3,(H2,20,27)(H2,21,22,23);1H. The molecular weight excluding hydrogens is 469 g/mol. The number of nitrogens with one attached hydrogen (secondary N) is 2. The number of likely N-dealkylation sites (tertiary alicyclic amines) is 1. The molecule has 1 fully saturated rings. The van der Waals surface area contributed by atoms with Crippen LogP contribution in [0.1, 0.15) is 50.6 Å². The summed E-state index contributed by atoms with van der Waals surface area (Å²) >= 11 is 0. The number of carbonyl (C=O) groups excluding carboxylic acids is 1. The summed E-state index contributed by atoms with van der Waals surface area (Å²) < 4.78 is 1.98. The summed E-state index contributed by atoms with van der Waals surface area (Å²) in [6.07, 6.45) is 3.83. The number of piperidine rings is 1. The maximum atomic E-state index is 11.1. The van der Waals surface area contributed by atoms with Crippen molar-refractivity contribution in [3.8, 4) is 0 Å². The van der Waals surface area contributed by atoms with Gasteiger partial charge in [0.1, 0.15) is 0 Å². The molecule has 4 N–H and O–H groups in total. The van der Waals surface area contributed by atoms with Crippen LogP contribution in [0.25, 0.3) is 0 Å². The summed E-state index contributed by atoms with van der Waals surface area (Å²) in [6.45, 7) is 9.93. The minimum atomic E-state index is -0.258. The number of halogens is 1. The van der Waals surface area contributed by atoms with Gasteiger partial charge in [-0.3, -0.25) is 14.4 Å². The smallest absolute Gasteiger partial charge is 0.231 e. The van der Waals surface area contributed by atoms with Crippen molar-refractivity contribution < 1.29 is 4.79 Å². The quantitative estimate of drug-likeness (QED) is 0.280. The number of guanidine groups is 1. The Balaban J connectivity index is 0.00000392. The fourth-order valence-corrected chi connectivity index (χ4v) is 3.70. The normalized spacial score (nSPS) is 15.9. The number of aromatic nitrogens is 2. The van der Waals surface area contributed by atoms with E-state index in [1.165, 1.54) is 11.3 Å². The maximum Gasteiger partial charge on any atom is 0.231 e. The zero-order chi connectivity index (χ0) is 19.8. The molecule has 2 rings (SSSR count). The molecule has 1 aromatic heterocycles. The Morgan fingerprint density at radius 3 is 2.46 bits per heavy atom. The molecule has 0 radical (unpaired) electrons. The first-order valence-corrected chi connectivity index (χ1v) is 10.1. The predicted octanol–water partition coefficient (Wildman–Crippen LogP) is 1.17. The molecule has 1 aromatic rings. The highest BCUT2D eigenvalue weighted by Gasteiger charge is 2.21. The Kier molecular flexibility index (Phi) is 10.8. The average Bonchev–Trinajstić information content (AvgIpc) is 2.95. The fraction of sp³-hybridized carbons (Fsp3) is 0.737. The molecule has 0 aromatic carbocycles. The van der Waals surface area contributed by atoms with Crippen LogP contribution in [0.4, 0.5) is 0 Å². The fourth-order valence-electron chi connectivity index (χ4n) is 3.70. The zero-order valence-corrected chi connectivity index (χ0v) is 20.0. The highest BCUT2D eigenvalue weighted by Crippen LogP contribution is 2.17. The van der Waals surface area contributed by atoms with Crippen LogP contribution < -0.4 is 16.4 Å². The molecule has 28 heavy (non-hydrogen) atoms. The van der Waals surface area contributed by atoms with Crippen LogP contribution in [0.15, 0.2) is 4.99 Å². The lowest BCUT2D eigenvalue weighted by Crippen LogP contribution is -2.49. The van der Waals surface area contributed by atoms with Gasteiger partial charge in [-0.1, -0.05) is 13.8 Å². The van der Waals surface area contributed by atoms with E-state index in [9.17, 15) is 4.79 Å². The summed E-state index contributed by atoms with van der Waals surface area (Å²) in [7, 11) is 2.01. The van der Waals surface area contributed by atoms with Gasteiger partial charge in [-0.15, -0.1) is 24.0 Å². The number of nitrogens with two attached hydrogens (primary N) is 1. The third-order valence-corrected chi connectivity index (χ3v) is 5.08. The molecule has 1 saturated heterocycles. The first-order valence-electron chi connectivity index (χ1n) is 10.1. The number of aliphatic imine (C=N–C) groups is 1. The van der Waals surface area contributed by atoms with Crippen LogP contribution in [-0.4, -0.2) is 58.8 Å². The van der Waals surface area contributed by atoms with E-state index in [0.717, 1.165) is 57.0 Å². The lowest BCUT2D eigenvalue weighted by atomic mass is 10.1. The Labute approximate surface area is 185 Å². The van der Waals surface area contributed by atoms with E-state index >= 15 is 0 Å². The lowest BCUT2D eigenvalue weighted by molar-refractivity contribution is -0.119. The largest absolute Gasteiger partial charge is 0.369 e. The average molecular weight is 505 g/mol. The van der Waals surface area contributed by atoms with Gasteiger partial charge in [0.05, 0.1) is 18.8 Å². The van der Waals surface area contributed by atoms with Gasteiger partial charge >= 0.3 is 0 Å². The van der Waals surface area contributed by atoms with E-state index in [2.05, 4.69) is 41.4 Å². The summed E-state index contributed by atoms with van der Waals surface area (Å²) in [5, 5.41) is 11.5. The van der Waals surface area contributed by atoms with Crippen molar-refractivity contribution in [1.29, 1.82) is 0 Å². The topological polar surface area (TPSA) is 101 Å². The van der Waals surface area contributed by atoms with Gasteiger partial charge in [0.25, 0.3) is 0 Å². The lowest BCUT2D eigenvalue weighted by Gasteiger charge is -2.32. The number of carbonyl (C=O) groups is 1. The molecule has 0 bridgehead atoms. The summed E-state index contributed by atoms with van der Waals surface area (Å²) in [5.74, 6) is 0.588. The molecule has 0 unspecified atom stereocenters. The highest BCUT2D eigenvalue weighted by molar-refractivity contribution is 14.0. The molecule has 2 heterocycles. The van der Waals surface area contributed by atoms with Crippen LogP contribution in [0.2, 0.25) is 0 Å². The molecule has 8 nitrogen and oxygen atoms in total. The number of hydrogen-bond donors (Lipinski definition) is 3. The second-order valence-corrected chi connectivity index (χ2v) is 7.06. The Morgan fingerprint density at radius 1 is 1.25 bits per heavy atom. The van der Waals surface area contributed by atoms with Gasteiger partial charge in [-0.25, -0.2) is 4.99 Å². The number of aryl methyl sites for hydroxylation is 2. The van der Waals surface area contributed by atoms with Gasteiger partial charge in [0.15, 0.2) is 5.96 Å². The third-order valence-electron chi connectivity index (χ3n) is 5.08. The zero-order valence-electron chi connectivity index (χ0n) is 17.6. The second-order valence-electron chi connectivity index (χ2n) is 7.06. The van der Waals surface area contributed by atoms with Crippen molar-refractivity contribution in [3.63, 3.8) is 0 Å². The van der Waals surface area contributed by atoms with E-state index in [4.69, 9.17) is 10.7 Å². The van der Waals surface area contributed by atoms with Gasteiger partial charge < -0.3 is 16.4 Å². The molecule has 0 spiro atoms. The molecule has 0 atom stereocenters. The third kappa shape index (κ3) is 6.91. The Bertz CT molecular complexity index is 651. The number of amides is 1. The highest BCUT2D eigenvalue weighted by atomic mass is 127. The molecule has 0 aliphatic carbocycles. The van der Waals surface area contributed by atoms with Crippen molar-refractivity contribution in [2.75, 3.05) is 26.2 Å². The first kappa shape index (κ1) is 24.7. The van der Waals surface area contributed by atoms with Crippen LogP contribution in [0, 0.1) is 0 Å². The van der Waals surface area contributed by atoms with Crippen molar-refractivity contribution in [1.82, 2.24) is 25.3 Å². The summed E-state index contributed by atoms with van der Waals surface area (Å²) in [6, 6.07) is 0.358. The molecule has 160 valence electrons. The first-order chi connectivity index (χ1) is 13.0. The number of hydrogen-bond acceptors (Lipinski definition) is 4. The van der Waals surface area contributed by atoms with Crippen molar-refractivity contribution in [3.05, 3.63) is 17.0 Å². The minimum Gasteiger partial charge on any atom is -0.369 e. The van der Waals surface area contributed by atoms with Crippen molar-refractivity contribution in [2.45, 2.75) is 59.0 Å². The van der Waals surface area contributed by atoms with E-state index in [1.54, 1.807) is 0 Å². The monoisotopic (exact) mass is 505 g/mol. The van der Waals surface area contributed by atoms with Crippen LogP contribution in [0.5, 0.6) is 0 Å². The van der Waals surface area contributed by atoms with Crippen LogP contribution >= 0.6 is 24.0 Å². The van der Waals surface area contributed by atoms with Gasteiger partial charge in [-0.2, -0.15) is 5.10 Å². The predicted molar refractivity (Wildman–Crippen MR) is 124 cm³/mol. The number of primary amides is 1. The van der Waals surface area contributed by atoms with Gasteiger partial charge in [-0.05, 0) is 32.6 Å². The summed E-state index contributed by atoms with van der Waals surface area (Å²) in [5.41, 5.74) is 8.92. The number of nitrogens with zero attached hydrogens (tertiary/aromatic N) is 4. The van der Waals surface area contributed by atoms with E-state index < -0.39 is 0 Å². The SMILES string of the molecule is CCNC(=NCc1c(CC)nn(C)c1CC)NC1CCN(CC(N)=O)CC1.I. The minimum absolute atomic E-state index is 0. The van der Waals surface area contributed by atoms with Crippen LogP contribution in [0.3, 0.4) is 0 Å². The van der Waals surface area contributed by atoms with Crippen molar-refractivity contribution >= 4 is 35.8 Å². The van der Waals surface area contributed by atoms with Gasteiger partial charge in [0, 0.05) is 44.0 Å². The molecule has 0 saturated carbocycles. The summed E-state index contributed by atoms with van der Waals surface area (Å²) in [4.78, 5) is 18.0. The van der Waals surface area contributed by atoms with E-state index in [-0.39, 0.29) is 29.9 Å². The number of rotatable bonds is 8. The maximum absolute atomic E-state index is 11.1.